The zero-order valence-electron chi connectivity index (χ0n) is 63.1. The Morgan fingerprint density at radius 2 is 0.557 bits per heavy atom. The van der Waals surface area contributed by atoms with Gasteiger partial charge in [-0.2, -0.15) is 33.7 Å². The van der Waals surface area contributed by atoms with Crippen molar-refractivity contribution in [2.45, 2.75) is 219 Å². The van der Waals surface area contributed by atoms with E-state index < -0.39 is 84.8 Å². The topological polar surface area (TPSA) is 404 Å². The van der Waals surface area contributed by atoms with Crippen LogP contribution in [-0.4, -0.2) is 97.7 Å². The van der Waals surface area contributed by atoms with Gasteiger partial charge in [-0.15, -0.1) is 0 Å². The maximum atomic E-state index is 12.5. The van der Waals surface area contributed by atoms with Crippen LogP contribution in [0.15, 0.2) is 118 Å². The number of rotatable bonds is 18. The molecule has 568 valence electrons. The highest BCUT2D eigenvalue weighted by Gasteiger charge is 2.30. The third-order valence-electron chi connectivity index (χ3n) is 16.9. The molecule has 0 saturated heterocycles. The van der Waals surface area contributed by atoms with Crippen molar-refractivity contribution in [1.29, 1.82) is 0 Å². The molecular formula is C74H96N16O12S4. The summed E-state index contributed by atoms with van der Waals surface area (Å²) in [5, 5.41) is 9.23. The first-order chi connectivity index (χ1) is 49.6. The highest BCUT2D eigenvalue weighted by Crippen LogP contribution is 2.40. The summed E-state index contributed by atoms with van der Waals surface area (Å²) in [7, 11) is -16.6. The Morgan fingerprint density at radius 3 is 0.792 bits per heavy atom. The quantitative estimate of drug-likeness (QED) is 0.0370. The molecule has 0 unspecified atom stereocenters. The van der Waals surface area contributed by atoms with Crippen molar-refractivity contribution in [3.8, 4) is 0 Å². The number of fused-ring (bicyclic) bond motifs is 2. The van der Waals surface area contributed by atoms with E-state index in [-0.39, 0.29) is 35.5 Å². The number of sulfonamides is 4. The van der Waals surface area contributed by atoms with Crippen LogP contribution < -0.4 is 40.2 Å². The minimum absolute atomic E-state index is 0.161. The van der Waals surface area contributed by atoms with Gasteiger partial charge in [0.2, 0.25) is 0 Å². The van der Waals surface area contributed by atoms with E-state index in [0.717, 1.165) is 99.8 Å². The molecule has 106 heavy (non-hydrogen) atoms. The molecule has 0 bridgehead atoms. The Kier molecular flexibility index (Phi) is 27.9. The van der Waals surface area contributed by atoms with Gasteiger partial charge in [0, 0.05) is 70.3 Å². The standard InChI is InChI=1S/2C19H26N4O3S.C18H20N4O3S.C18H24N4O3S/c2*1-11(2)15-9-13(5)10-16(12(3)4)17(15)22-18(24)23-27(25,26)19-20-8-7-14(6)21-19;1-11-8-9-19-18(20-11)26(24,25)22-17(23)21-16-14-6-2-4-12(14)10-13-5-3-7-15(13)16;1-11(2)14-7-6-8-15(12(3)4)16(14)21-17(23)22-26(24,25)18-19-10-9-13(5)20-18/h2*7-12H,1-6H3,(H2,22,23,24);8-10H,2-7H2,1H3,(H2,21,22,23);6-12H,1-5H3,(H2,21,22,23). The minimum Gasteiger partial charge on any atom is -0.307 e. The summed E-state index contributed by atoms with van der Waals surface area (Å²) < 4.78 is 107. The zero-order valence-corrected chi connectivity index (χ0v) is 66.3. The molecule has 10 rings (SSSR count). The lowest BCUT2D eigenvalue weighted by Crippen LogP contribution is -2.36. The Hall–Kier alpha value is -9.92. The lowest BCUT2D eigenvalue weighted by atomic mass is 9.90. The van der Waals surface area contributed by atoms with Gasteiger partial charge in [0.15, 0.2) is 0 Å². The van der Waals surface area contributed by atoms with E-state index in [4.69, 9.17) is 0 Å². The zero-order chi connectivity index (χ0) is 78.5. The summed E-state index contributed by atoms with van der Waals surface area (Å²) in [5.74, 6) is 0.981. The Bertz CT molecular complexity index is 4800. The summed E-state index contributed by atoms with van der Waals surface area (Å²) in [6.07, 6.45) is 11.3. The predicted octanol–water partition coefficient (Wildman–Crippen LogP) is 13.5. The Balaban J connectivity index is 0.000000197. The van der Waals surface area contributed by atoms with Crippen LogP contribution in [0.1, 0.15) is 221 Å². The average molecular weight is 1530 g/mol. The first kappa shape index (κ1) is 83.4. The second-order valence-electron chi connectivity index (χ2n) is 27.8. The van der Waals surface area contributed by atoms with E-state index in [1.54, 1.807) is 52.0 Å². The van der Waals surface area contributed by atoms with Crippen LogP contribution in [0.25, 0.3) is 0 Å². The third kappa shape index (κ3) is 22.1. The van der Waals surface area contributed by atoms with Crippen molar-refractivity contribution < 1.29 is 52.8 Å². The summed E-state index contributed by atoms with van der Waals surface area (Å²) in [5.41, 5.74) is 17.4. The van der Waals surface area contributed by atoms with Gasteiger partial charge >= 0.3 is 64.2 Å². The maximum absolute atomic E-state index is 12.5. The summed E-state index contributed by atoms with van der Waals surface area (Å²) in [4.78, 5) is 80.1. The summed E-state index contributed by atoms with van der Waals surface area (Å²) in [6.45, 7) is 34.9. The molecule has 4 heterocycles. The molecule has 0 atom stereocenters. The fourth-order valence-electron chi connectivity index (χ4n) is 11.9. The number of anilines is 4. The normalized spacial score (nSPS) is 12.6. The fourth-order valence-corrected chi connectivity index (χ4v) is 15.3. The predicted molar refractivity (Wildman–Crippen MR) is 408 cm³/mol. The van der Waals surface area contributed by atoms with Crippen molar-refractivity contribution >= 4 is 87.0 Å². The van der Waals surface area contributed by atoms with Gasteiger partial charge in [0.25, 0.3) is 20.6 Å². The number of aromatic nitrogens is 8. The minimum atomic E-state index is -4.16. The van der Waals surface area contributed by atoms with Gasteiger partial charge in [0.1, 0.15) is 0 Å². The third-order valence-corrected chi connectivity index (χ3v) is 21.5. The number of amides is 8. The number of benzene rings is 4. The molecule has 8 N–H and O–H groups in total. The first-order valence-electron chi connectivity index (χ1n) is 34.7. The molecular weight excluding hydrogens is 1430 g/mol. The number of carbonyl (C=O) groups excluding carboxylic acids is 4. The number of carbonyl (C=O) groups is 4. The molecule has 0 radical (unpaired) electrons. The highest BCUT2D eigenvalue weighted by molar-refractivity contribution is 7.90. The lowest BCUT2D eigenvalue weighted by Gasteiger charge is -2.21. The monoisotopic (exact) mass is 1530 g/mol. The van der Waals surface area contributed by atoms with E-state index in [0.29, 0.717) is 39.8 Å². The van der Waals surface area contributed by atoms with Gasteiger partial charge < -0.3 is 21.3 Å². The molecule has 0 saturated carbocycles. The van der Waals surface area contributed by atoms with Crippen LogP contribution in [0, 0.1) is 41.5 Å². The van der Waals surface area contributed by atoms with Crippen LogP contribution in [0.5, 0.6) is 0 Å². The van der Waals surface area contributed by atoms with E-state index in [2.05, 4.69) is 67.2 Å². The molecule has 0 aliphatic heterocycles. The van der Waals surface area contributed by atoms with Crippen LogP contribution >= 0.6 is 0 Å². The number of nitrogens with one attached hydrogen (secondary N) is 8. The van der Waals surface area contributed by atoms with E-state index >= 15 is 0 Å². The van der Waals surface area contributed by atoms with Crippen molar-refractivity contribution in [2.24, 2.45) is 0 Å². The Morgan fingerprint density at radius 1 is 0.321 bits per heavy atom. The first-order valence-corrected chi connectivity index (χ1v) is 40.6. The van der Waals surface area contributed by atoms with Gasteiger partial charge in [0.05, 0.1) is 0 Å². The van der Waals surface area contributed by atoms with Crippen LogP contribution in [0.3, 0.4) is 0 Å². The van der Waals surface area contributed by atoms with Crippen LogP contribution in [0.2, 0.25) is 0 Å². The number of nitrogens with zero attached hydrogens (tertiary/aromatic N) is 8. The SMILES string of the molecule is Cc1cc(C(C)C)c(NC(=O)NS(=O)(=O)c2nccc(C)n2)c(C(C)C)c1.Cc1cc(C(C)C)c(NC(=O)NS(=O)(=O)c2nccc(C)n2)c(C(C)C)c1.Cc1ccnc(S(=O)(=O)NC(=O)Nc2c(C(C)C)cccc2C(C)C)n1.Cc1ccnc(S(=O)(=O)NC(=O)Nc2c3c(cc4c2CCC4)CCC3)n1. The number of hydrogen-bond acceptors (Lipinski definition) is 20. The smallest absolute Gasteiger partial charge is 0.307 e. The molecule has 32 heteroatoms. The number of urea groups is 4. The van der Waals surface area contributed by atoms with E-state index in [9.17, 15) is 52.8 Å². The van der Waals surface area contributed by atoms with Crippen LogP contribution in [0.4, 0.5) is 41.9 Å². The van der Waals surface area contributed by atoms with Gasteiger partial charge in [-0.25, -0.2) is 77.9 Å². The molecule has 2 aliphatic rings. The van der Waals surface area contributed by atoms with Gasteiger partial charge in [-0.1, -0.05) is 143 Å². The van der Waals surface area contributed by atoms with Crippen molar-refractivity contribution in [3.05, 3.63) is 187 Å². The largest absolute Gasteiger partial charge is 0.333 e. The van der Waals surface area contributed by atoms with E-state index in [1.165, 1.54) is 35.9 Å². The Labute approximate surface area is 622 Å². The van der Waals surface area contributed by atoms with Crippen LogP contribution in [-0.2, 0) is 65.8 Å². The molecule has 4 aromatic heterocycles. The van der Waals surface area contributed by atoms with Crippen molar-refractivity contribution in [1.82, 2.24) is 58.8 Å². The molecule has 4 aromatic carbocycles. The van der Waals surface area contributed by atoms with E-state index in [1.807, 2.05) is 158 Å². The average Bonchev–Trinajstić information content (AvgIpc) is 1.51. The maximum Gasteiger partial charge on any atom is 0.333 e. The number of aryl methyl sites for hydroxylation is 8. The summed E-state index contributed by atoms with van der Waals surface area (Å²) >= 11 is 0. The lowest BCUT2D eigenvalue weighted by molar-refractivity contribution is 0.255. The second-order valence-corrected chi connectivity index (χ2v) is 34.1. The van der Waals surface area contributed by atoms with Gasteiger partial charge in [-0.05, 0) is 195 Å². The number of hydrogen-bond donors (Lipinski definition) is 8. The summed E-state index contributed by atoms with van der Waals surface area (Å²) in [6, 6.07) is 19.1. The molecule has 0 fully saturated rings. The van der Waals surface area contributed by atoms with Crippen molar-refractivity contribution in [2.75, 3.05) is 21.3 Å². The molecule has 28 nitrogen and oxygen atoms in total. The van der Waals surface area contributed by atoms with Crippen molar-refractivity contribution in [3.63, 3.8) is 0 Å². The number of para-hydroxylation sites is 1. The van der Waals surface area contributed by atoms with Gasteiger partial charge in [-0.3, -0.25) is 0 Å². The molecule has 8 amide bonds. The molecule has 2 aliphatic carbocycles. The highest BCUT2D eigenvalue weighted by atomic mass is 32.2. The molecule has 0 spiro atoms. The fraction of sp³-hybridized carbons (Fsp3) is 0.405. The second kappa shape index (κ2) is 35.4. The molecule has 8 aromatic rings.